The molecule has 1 saturated heterocycles. The zero-order valence-corrected chi connectivity index (χ0v) is 16.0. The van der Waals surface area contributed by atoms with Gasteiger partial charge in [0.05, 0.1) is 18.1 Å². The van der Waals surface area contributed by atoms with Gasteiger partial charge in [-0.15, -0.1) is 0 Å². The van der Waals surface area contributed by atoms with Gasteiger partial charge in [0.25, 0.3) is 5.69 Å². The van der Waals surface area contributed by atoms with Crippen molar-refractivity contribution in [3.05, 3.63) is 58.6 Å². The lowest BCUT2D eigenvalue weighted by Gasteiger charge is -2.38. The van der Waals surface area contributed by atoms with Crippen LogP contribution in [0.1, 0.15) is 6.92 Å². The van der Waals surface area contributed by atoms with Crippen molar-refractivity contribution in [3.63, 3.8) is 0 Å². The van der Waals surface area contributed by atoms with Gasteiger partial charge in [0.15, 0.2) is 0 Å². The van der Waals surface area contributed by atoms with E-state index in [0.29, 0.717) is 5.69 Å². The lowest BCUT2D eigenvalue weighted by molar-refractivity contribution is -0.384. The minimum absolute atomic E-state index is 0.0430. The number of nitro benzene ring substituents is 1. The summed E-state index contributed by atoms with van der Waals surface area (Å²) in [5.74, 6) is 0.659. The third kappa shape index (κ3) is 4.58. The summed E-state index contributed by atoms with van der Waals surface area (Å²) < 4.78 is 5.19. The molecule has 3 rings (SSSR count). The number of rotatable bonds is 6. The summed E-state index contributed by atoms with van der Waals surface area (Å²) in [6, 6.07) is 13.6. The molecule has 1 amide bonds. The number of methoxy groups -OCH3 is 1. The monoisotopic (exact) mass is 384 g/mol. The molecule has 28 heavy (non-hydrogen) atoms. The first kappa shape index (κ1) is 19.6. The topological polar surface area (TPSA) is 88.0 Å². The van der Waals surface area contributed by atoms with Crippen LogP contribution < -0.4 is 15.0 Å². The number of non-ortho nitro benzene ring substituents is 1. The molecule has 1 heterocycles. The van der Waals surface area contributed by atoms with Crippen molar-refractivity contribution >= 4 is 23.0 Å². The van der Waals surface area contributed by atoms with E-state index in [1.165, 1.54) is 12.1 Å². The predicted molar refractivity (Wildman–Crippen MR) is 108 cm³/mol. The van der Waals surface area contributed by atoms with E-state index in [0.717, 1.165) is 37.6 Å². The summed E-state index contributed by atoms with van der Waals surface area (Å²) in [5, 5.41) is 13.7. The summed E-state index contributed by atoms with van der Waals surface area (Å²) in [6.07, 6.45) is 0. The lowest BCUT2D eigenvalue weighted by Crippen LogP contribution is -2.52. The van der Waals surface area contributed by atoms with Gasteiger partial charge < -0.3 is 15.0 Å². The average Bonchev–Trinajstić information content (AvgIpc) is 2.73. The summed E-state index contributed by atoms with van der Waals surface area (Å²) >= 11 is 0. The highest BCUT2D eigenvalue weighted by Gasteiger charge is 2.26. The zero-order valence-electron chi connectivity index (χ0n) is 16.0. The van der Waals surface area contributed by atoms with Crippen molar-refractivity contribution in [2.75, 3.05) is 43.5 Å². The van der Waals surface area contributed by atoms with Crippen LogP contribution in [0.4, 0.5) is 17.1 Å². The maximum atomic E-state index is 12.6. The van der Waals surface area contributed by atoms with Gasteiger partial charge in [0.2, 0.25) is 5.91 Å². The van der Waals surface area contributed by atoms with E-state index in [2.05, 4.69) is 15.1 Å². The van der Waals surface area contributed by atoms with Crippen LogP contribution in [0.15, 0.2) is 48.5 Å². The minimum atomic E-state index is -0.475. The van der Waals surface area contributed by atoms with E-state index < -0.39 is 4.92 Å². The number of nitro groups is 1. The number of carbonyl (C=O) groups is 1. The number of benzene rings is 2. The highest BCUT2D eigenvalue weighted by Crippen LogP contribution is 2.22. The van der Waals surface area contributed by atoms with Gasteiger partial charge in [-0.1, -0.05) is 6.07 Å². The highest BCUT2D eigenvalue weighted by molar-refractivity contribution is 5.94. The number of hydrogen-bond acceptors (Lipinski definition) is 6. The predicted octanol–water partition coefficient (Wildman–Crippen LogP) is 2.75. The molecule has 0 radical (unpaired) electrons. The largest absolute Gasteiger partial charge is 0.497 e. The molecule has 8 nitrogen and oxygen atoms in total. The van der Waals surface area contributed by atoms with Crippen LogP contribution in [0.2, 0.25) is 0 Å². The van der Waals surface area contributed by atoms with Gasteiger partial charge in [0.1, 0.15) is 5.75 Å². The average molecular weight is 384 g/mol. The van der Waals surface area contributed by atoms with Crippen LogP contribution in [0.25, 0.3) is 0 Å². The van der Waals surface area contributed by atoms with Crippen LogP contribution in [-0.4, -0.2) is 55.1 Å². The number of amides is 1. The van der Waals surface area contributed by atoms with Crippen LogP contribution in [0.5, 0.6) is 5.75 Å². The number of anilines is 2. The summed E-state index contributed by atoms with van der Waals surface area (Å²) in [6.45, 7) is 5.02. The smallest absolute Gasteiger partial charge is 0.271 e. The first-order chi connectivity index (χ1) is 13.5. The van der Waals surface area contributed by atoms with E-state index in [1.54, 1.807) is 19.2 Å². The van der Waals surface area contributed by atoms with E-state index in [1.807, 2.05) is 31.2 Å². The van der Waals surface area contributed by atoms with Gasteiger partial charge in [-0.25, -0.2) is 0 Å². The molecule has 1 unspecified atom stereocenters. The number of nitrogens with one attached hydrogen (secondary N) is 1. The molecule has 2 aromatic carbocycles. The van der Waals surface area contributed by atoms with Crippen molar-refractivity contribution in [1.29, 1.82) is 0 Å². The van der Waals surface area contributed by atoms with Gasteiger partial charge >= 0.3 is 0 Å². The molecule has 0 bridgehead atoms. The number of ether oxygens (including phenoxy) is 1. The molecule has 1 aliphatic heterocycles. The molecule has 148 valence electrons. The Hall–Kier alpha value is -3.13. The maximum absolute atomic E-state index is 12.6. The molecule has 0 aromatic heterocycles. The Morgan fingerprint density at radius 1 is 1.14 bits per heavy atom. The van der Waals surface area contributed by atoms with E-state index in [-0.39, 0.29) is 17.6 Å². The Morgan fingerprint density at radius 2 is 1.82 bits per heavy atom. The summed E-state index contributed by atoms with van der Waals surface area (Å²) in [5.41, 5.74) is 1.52. The molecular formula is C20H24N4O4. The molecule has 1 atom stereocenters. The van der Waals surface area contributed by atoms with Crippen LogP contribution in [0.3, 0.4) is 0 Å². The number of piperazine rings is 1. The van der Waals surface area contributed by atoms with Crippen LogP contribution >= 0.6 is 0 Å². The Morgan fingerprint density at radius 3 is 2.43 bits per heavy atom. The molecule has 2 aromatic rings. The minimum Gasteiger partial charge on any atom is -0.497 e. The van der Waals surface area contributed by atoms with Crippen molar-refractivity contribution in [1.82, 2.24) is 4.90 Å². The van der Waals surface area contributed by atoms with Crippen molar-refractivity contribution in [2.24, 2.45) is 0 Å². The van der Waals surface area contributed by atoms with Crippen LogP contribution in [-0.2, 0) is 4.79 Å². The first-order valence-corrected chi connectivity index (χ1v) is 9.16. The maximum Gasteiger partial charge on any atom is 0.271 e. The van der Waals surface area contributed by atoms with E-state index in [4.69, 9.17) is 4.74 Å². The Balaban J connectivity index is 1.55. The second kappa shape index (κ2) is 8.71. The van der Waals surface area contributed by atoms with Crippen LogP contribution in [0, 0.1) is 10.1 Å². The van der Waals surface area contributed by atoms with Crippen molar-refractivity contribution in [3.8, 4) is 5.75 Å². The van der Waals surface area contributed by atoms with Gasteiger partial charge in [-0.3, -0.25) is 19.8 Å². The zero-order chi connectivity index (χ0) is 20.1. The lowest BCUT2D eigenvalue weighted by atomic mass is 10.2. The fourth-order valence-corrected chi connectivity index (χ4v) is 3.27. The molecule has 0 saturated carbocycles. The second-order valence-electron chi connectivity index (χ2n) is 6.69. The molecular weight excluding hydrogens is 360 g/mol. The summed E-state index contributed by atoms with van der Waals surface area (Å²) in [7, 11) is 1.65. The Labute approximate surface area is 163 Å². The van der Waals surface area contributed by atoms with Crippen molar-refractivity contribution in [2.45, 2.75) is 13.0 Å². The molecule has 1 N–H and O–H groups in total. The Bertz CT molecular complexity index is 832. The van der Waals surface area contributed by atoms with Crippen molar-refractivity contribution < 1.29 is 14.5 Å². The third-order valence-electron chi connectivity index (χ3n) is 5.00. The molecule has 1 fully saturated rings. The second-order valence-corrected chi connectivity index (χ2v) is 6.69. The van der Waals surface area contributed by atoms with Gasteiger partial charge in [0, 0.05) is 49.7 Å². The van der Waals surface area contributed by atoms with Gasteiger partial charge in [-0.05, 0) is 37.3 Å². The molecule has 1 aliphatic rings. The first-order valence-electron chi connectivity index (χ1n) is 9.16. The fourth-order valence-electron chi connectivity index (χ4n) is 3.27. The standard InChI is InChI=1S/C20H24N4O4/c1-15(20(25)21-16-4-3-5-18(14-16)24(26)27)22-10-12-23(13-11-22)17-6-8-19(28-2)9-7-17/h3-9,14-15H,10-13H2,1-2H3,(H,21,25). The number of carbonyl (C=O) groups excluding carboxylic acids is 1. The number of nitrogens with zero attached hydrogens (tertiary/aromatic N) is 3. The number of hydrogen-bond donors (Lipinski definition) is 1. The third-order valence-corrected chi connectivity index (χ3v) is 5.00. The quantitative estimate of drug-likeness (QED) is 0.609. The molecule has 8 heteroatoms. The van der Waals surface area contributed by atoms with E-state index >= 15 is 0 Å². The fraction of sp³-hybridized carbons (Fsp3) is 0.350. The Kier molecular flexibility index (Phi) is 6.10. The SMILES string of the molecule is COc1ccc(N2CCN(C(C)C(=O)Nc3cccc([N+](=O)[O-])c3)CC2)cc1. The van der Waals surface area contributed by atoms with Gasteiger partial charge in [-0.2, -0.15) is 0 Å². The normalized spacial score (nSPS) is 15.7. The molecule has 0 aliphatic carbocycles. The summed E-state index contributed by atoms with van der Waals surface area (Å²) in [4.78, 5) is 27.4. The highest BCUT2D eigenvalue weighted by atomic mass is 16.6. The molecule has 0 spiro atoms. The van der Waals surface area contributed by atoms with E-state index in [9.17, 15) is 14.9 Å².